The average Bonchev–Trinajstić information content (AvgIpc) is 3.36. The maximum absolute atomic E-state index is 12.8. The van der Waals surface area contributed by atoms with Crippen LogP contribution in [0.15, 0.2) is 84.7 Å². The zero-order chi connectivity index (χ0) is 24.8. The van der Waals surface area contributed by atoms with Gasteiger partial charge in [-0.15, -0.1) is 0 Å². The summed E-state index contributed by atoms with van der Waals surface area (Å²) in [4.78, 5) is 40.8. The van der Waals surface area contributed by atoms with Gasteiger partial charge >= 0.3 is 5.97 Å². The molecule has 0 saturated heterocycles. The lowest BCUT2D eigenvalue weighted by Gasteiger charge is -2.11. The number of nitrogens with one attached hydrogen (secondary N) is 3. The van der Waals surface area contributed by atoms with Crippen molar-refractivity contribution >= 4 is 46.4 Å². The lowest BCUT2D eigenvalue weighted by atomic mass is 10.1. The zero-order valence-corrected chi connectivity index (χ0v) is 19.6. The number of carbonyl (C=O) groups excluding carboxylic acids is 3. The molecule has 3 aromatic carbocycles. The Morgan fingerprint density at radius 3 is 2.51 bits per heavy atom. The van der Waals surface area contributed by atoms with Crippen LogP contribution < -0.4 is 10.6 Å². The first-order chi connectivity index (χ1) is 17.0. The van der Waals surface area contributed by atoms with Gasteiger partial charge in [-0.2, -0.15) is 0 Å². The number of amides is 2. The van der Waals surface area contributed by atoms with E-state index >= 15 is 0 Å². The van der Waals surface area contributed by atoms with E-state index in [1.165, 1.54) is 31.4 Å². The van der Waals surface area contributed by atoms with E-state index in [1.807, 2.05) is 48.7 Å². The summed E-state index contributed by atoms with van der Waals surface area (Å²) in [5, 5.41) is 6.52. The first kappa shape index (κ1) is 23.8. The minimum Gasteiger partial charge on any atom is -0.464 e. The summed E-state index contributed by atoms with van der Waals surface area (Å²) in [5.74, 6) is -1.63. The summed E-state index contributed by atoms with van der Waals surface area (Å²) < 4.78 is 4.78. The van der Waals surface area contributed by atoms with Crippen molar-refractivity contribution in [3.05, 3.63) is 112 Å². The average molecular weight is 488 g/mol. The maximum atomic E-state index is 12.8. The Labute approximate surface area is 206 Å². The van der Waals surface area contributed by atoms with Gasteiger partial charge in [0.1, 0.15) is 5.70 Å². The SMILES string of the molecule is COC(=O)/C(=C/c1ccccc1)NC(=O)c1ccc(C(=O)NCc2cccc3[nH]ccc23)cc1Cl. The van der Waals surface area contributed by atoms with E-state index in [0.717, 1.165) is 16.5 Å². The van der Waals surface area contributed by atoms with Crippen molar-refractivity contribution in [1.82, 2.24) is 15.6 Å². The molecule has 1 heterocycles. The van der Waals surface area contributed by atoms with Crippen LogP contribution in [0, 0.1) is 0 Å². The molecule has 3 N–H and O–H groups in total. The highest BCUT2D eigenvalue weighted by Gasteiger charge is 2.18. The van der Waals surface area contributed by atoms with Crippen LogP contribution in [0.4, 0.5) is 0 Å². The van der Waals surface area contributed by atoms with Crippen LogP contribution in [0.3, 0.4) is 0 Å². The molecule has 35 heavy (non-hydrogen) atoms. The Morgan fingerprint density at radius 2 is 1.77 bits per heavy atom. The number of ether oxygens (including phenoxy) is 1. The number of H-pyrrole nitrogens is 1. The van der Waals surface area contributed by atoms with Crippen molar-refractivity contribution < 1.29 is 19.1 Å². The number of carbonyl (C=O) groups is 3. The Bertz CT molecular complexity index is 1430. The van der Waals surface area contributed by atoms with Crippen molar-refractivity contribution in [2.24, 2.45) is 0 Å². The van der Waals surface area contributed by atoms with Crippen LogP contribution in [-0.2, 0) is 16.1 Å². The molecule has 8 heteroatoms. The number of rotatable bonds is 7. The molecule has 4 aromatic rings. The van der Waals surface area contributed by atoms with E-state index in [2.05, 4.69) is 15.6 Å². The van der Waals surface area contributed by atoms with E-state index in [0.29, 0.717) is 17.7 Å². The highest BCUT2D eigenvalue weighted by atomic mass is 35.5. The fourth-order valence-electron chi connectivity index (χ4n) is 3.58. The Balaban J connectivity index is 1.47. The molecule has 176 valence electrons. The van der Waals surface area contributed by atoms with Gasteiger partial charge in [-0.25, -0.2) is 4.79 Å². The Hall–Kier alpha value is -4.36. The summed E-state index contributed by atoms with van der Waals surface area (Å²) in [6, 6.07) is 21.2. The van der Waals surface area contributed by atoms with Gasteiger partial charge in [0.05, 0.1) is 17.7 Å². The number of hydrogen-bond donors (Lipinski definition) is 3. The number of esters is 1. The van der Waals surface area contributed by atoms with E-state index < -0.39 is 11.9 Å². The predicted molar refractivity (Wildman–Crippen MR) is 135 cm³/mol. The minimum atomic E-state index is -0.702. The number of aromatic amines is 1. The minimum absolute atomic E-state index is 0.0412. The van der Waals surface area contributed by atoms with E-state index in [9.17, 15) is 14.4 Å². The van der Waals surface area contributed by atoms with Crippen LogP contribution in [0.2, 0.25) is 5.02 Å². The van der Waals surface area contributed by atoms with Crippen molar-refractivity contribution in [2.45, 2.75) is 6.54 Å². The lowest BCUT2D eigenvalue weighted by molar-refractivity contribution is -0.136. The summed E-state index contributed by atoms with van der Waals surface area (Å²) in [5.41, 5.74) is 3.05. The number of benzene rings is 3. The molecule has 0 bridgehead atoms. The topological polar surface area (TPSA) is 100 Å². The number of fused-ring (bicyclic) bond motifs is 1. The third-order valence-corrected chi connectivity index (χ3v) is 5.68. The van der Waals surface area contributed by atoms with Gasteiger partial charge in [-0.3, -0.25) is 9.59 Å². The second kappa shape index (κ2) is 10.7. The molecule has 0 radical (unpaired) electrons. The highest BCUT2D eigenvalue weighted by molar-refractivity contribution is 6.34. The highest BCUT2D eigenvalue weighted by Crippen LogP contribution is 2.20. The molecule has 0 aliphatic heterocycles. The van der Waals surface area contributed by atoms with Gasteiger partial charge < -0.3 is 20.4 Å². The van der Waals surface area contributed by atoms with Crippen LogP contribution in [-0.4, -0.2) is 29.9 Å². The van der Waals surface area contributed by atoms with Crippen molar-refractivity contribution in [3.63, 3.8) is 0 Å². The standard InChI is InChI=1S/C27H22ClN3O4/c1-35-27(34)24(14-17-6-3-2-4-7-17)31-26(33)21-11-10-18(15-22(21)28)25(32)30-16-19-8-5-9-23-20(19)12-13-29-23/h2-15,29H,16H2,1H3,(H,30,32)(H,31,33)/b24-14-. The molecular formula is C27H22ClN3O4. The Morgan fingerprint density at radius 1 is 0.971 bits per heavy atom. The fourth-order valence-corrected chi connectivity index (χ4v) is 3.85. The molecule has 2 amide bonds. The molecule has 0 unspecified atom stereocenters. The molecule has 0 saturated carbocycles. The summed E-state index contributed by atoms with van der Waals surface area (Å²) in [6.07, 6.45) is 3.35. The normalized spacial score (nSPS) is 11.2. The fraction of sp³-hybridized carbons (Fsp3) is 0.0741. The quantitative estimate of drug-likeness (QED) is 0.260. The van der Waals surface area contributed by atoms with Crippen molar-refractivity contribution in [1.29, 1.82) is 0 Å². The van der Waals surface area contributed by atoms with Crippen LogP contribution >= 0.6 is 11.6 Å². The smallest absolute Gasteiger partial charge is 0.354 e. The van der Waals surface area contributed by atoms with E-state index in [1.54, 1.807) is 12.1 Å². The largest absolute Gasteiger partial charge is 0.464 e. The van der Waals surface area contributed by atoms with Crippen LogP contribution in [0.1, 0.15) is 31.8 Å². The molecule has 4 rings (SSSR count). The number of halogens is 1. The van der Waals surface area contributed by atoms with Gasteiger partial charge in [0.15, 0.2) is 0 Å². The Kier molecular flexibility index (Phi) is 7.28. The third-order valence-electron chi connectivity index (χ3n) is 5.36. The van der Waals surface area contributed by atoms with Crippen molar-refractivity contribution in [2.75, 3.05) is 7.11 Å². The second-order valence-corrected chi connectivity index (χ2v) is 8.05. The molecular weight excluding hydrogens is 466 g/mol. The van der Waals surface area contributed by atoms with Gasteiger partial charge in [-0.05, 0) is 47.5 Å². The lowest BCUT2D eigenvalue weighted by Crippen LogP contribution is -2.28. The third kappa shape index (κ3) is 5.59. The molecule has 7 nitrogen and oxygen atoms in total. The molecule has 0 atom stereocenters. The summed E-state index contributed by atoms with van der Waals surface area (Å²) in [6.45, 7) is 0.334. The monoisotopic (exact) mass is 487 g/mol. The van der Waals surface area contributed by atoms with E-state index in [-0.39, 0.29) is 22.2 Å². The van der Waals surface area contributed by atoms with Gasteiger partial charge in [0.2, 0.25) is 0 Å². The number of methoxy groups -OCH3 is 1. The van der Waals surface area contributed by atoms with Gasteiger partial charge in [0, 0.05) is 29.2 Å². The zero-order valence-electron chi connectivity index (χ0n) is 18.8. The van der Waals surface area contributed by atoms with Gasteiger partial charge in [0.25, 0.3) is 11.8 Å². The van der Waals surface area contributed by atoms with Crippen LogP contribution in [0.25, 0.3) is 17.0 Å². The molecule has 1 aromatic heterocycles. The van der Waals surface area contributed by atoms with Crippen molar-refractivity contribution in [3.8, 4) is 0 Å². The number of hydrogen-bond acceptors (Lipinski definition) is 4. The molecule has 0 spiro atoms. The van der Waals surface area contributed by atoms with Gasteiger partial charge in [-0.1, -0.05) is 54.1 Å². The second-order valence-electron chi connectivity index (χ2n) is 7.65. The number of aromatic nitrogens is 1. The predicted octanol–water partition coefficient (Wildman–Crippen LogP) is 4.70. The summed E-state index contributed by atoms with van der Waals surface area (Å²) >= 11 is 6.33. The first-order valence-electron chi connectivity index (χ1n) is 10.8. The summed E-state index contributed by atoms with van der Waals surface area (Å²) in [7, 11) is 1.23. The van der Waals surface area contributed by atoms with Crippen LogP contribution in [0.5, 0.6) is 0 Å². The maximum Gasteiger partial charge on any atom is 0.354 e. The molecule has 0 fully saturated rings. The first-order valence-corrected chi connectivity index (χ1v) is 11.1. The van der Waals surface area contributed by atoms with E-state index in [4.69, 9.17) is 16.3 Å². The molecule has 0 aliphatic rings. The molecule has 0 aliphatic carbocycles.